The Labute approximate surface area is 148 Å². The zero-order valence-electron chi connectivity index (χ0n) is 14.6. The molecular weight excluding hydrogens is 318 g/mol. The van der Waals surface area contributed by atoms with Crippen molar-refractivity contribution < 1.29 is 9.21 Å². The third kappa shape index (κ3) is 4.79. The van der Waals surface area contributed by atoms with Crippen LogP contribution >= 0.6 is 0 Å². The van der Waals surface area contributed by atoms with Crippen LogP contribution in [-0.2, 0) is 6.42 Å². The van der Waals surface area contributed by atoms with Crippen LogP contribution in [0.5, 0.6) is 0 Å². The fourth-order valence-electron chi connectivity index (χ4n) is 2.91. The molecule has 1 aliphatic rings. The van der Waals surface area contributed by atoms with Crippen molar-refractivity contribution in [2.45, 2.75) is 19.8 Å². The Bertz CT molecular complexity index is 665. The molecule has 3 rings (SSSR count). The van der Waals surface area contributed by atoms with Crippen LogP contribution in [0, 0.1) is 0 Å². The summed E-state index contributed by atoms with van der Waals surface area (Å²) in [4.78, 5) is 25.2. The van der Waals surface area contributed by atoms with Crippen molar-refractivity contribution in [1.82, 2.24) is 20.2 Å². The molecule has 1 N–H and O–H groups in total. The molecule has 0 radical (unpaired) electrons. The number of carbonyl (C=O) groups excluding carboxylic acids is 1. The summed E-state index contributed by atoms with van der Waals surface area (Å²) in [5.74, 6) is 1.91. The van der Waals surface area contributed by atoms with Gasteiger partial charge in [0.05, 0.1) is 0 Å². The van der Waals surface area contributed by atoms with Crippen molar-refractivity contribution in [1.29, 1.82) is 0 Å². The van der Waals surface area contributed by atoms with E-state index in [1.807, 2.05) is 19.1 Å². The van der Waals surface area contributed by atoms with E-state index in [9.17, 15) is 4.79 Å². The second kappa shape index (κ2) is 8.62. The van der Waals surface area contributed by atoms with Crippen LogP contribution in [0.4, 0.5) is 5.95 Å². The van der Waals surface area contributed by atoms with Crippen LogP contribution < -0.4 is 10.2 Å². The lowest BCUT2D eigenvalue weighted by Gasteiger charge is -2.34. The summed E-state index contributed by atoms with van der Waals surface area (Å²) in [6, 6.07) is 5.42. The van der Waals surface area contributed by atoms with Crippen molar-refractivity contribution in [3.8, 4) is 0 Å². The largest absolute Gasteiger partial charge is 0.456 e. The number of aryl methyl sites for hydroxylation is 1. The Kier molecular flexibility index (Phi) is 6.00. The Balaban J connectivity index is 1.33. The SMILES string of the molecule is CCc1ccc(C(=O)NCCCN2CCN(c3ncccn3)CC2)o1. The van der Waals surface area contributed by atoms with Crippen LogP contribution in [0.1, 0.15) is 29.7 Å². The maximum Gasteiger partial charge on any atom is 0.286 e. The van der Waals surface area contributed by atoms with Gasteiger partial charge in [0.2, 0.25) is 5.95 Å². The molecular formula is C18H25N5O2. The molecule has 0 aromatic carbocycles. The molecule has 7 nitrogen and oxygen atoms in total. The highest BCUT2D eigenvalue weighted by Gasteiger charge is 2.18. The first-order valence-corrected chi connectivity index (χ1v) is 8.87. The number of rotatable bonds is 7. The Morgan fingerprint density at radius 3 is 2.64 bits per heavy atom. The van der Waals surface area contributed by atoms with Crippen LogP contribution in [-0.4, -0.2) is 60.0 Å². The normalized spacial score (nSPS) is 15.3. The van der Waals surface area contributed by atoms with Gasteiger partial charge in [-0.05, 0) is 31.2 Å². The first kappa shape index (κ1) is 17.4. The van der Waals surface area contributed by atoms with Crippen molar-refractivity contribution in [3.63, 3.8) is 0 Å². The summed E-state index contributed by atoms with van der Waals surface area (Å²) < 4.78 is 5.46. The molecule has 0 atom stereocenters. The molecule has 0 aliphatic carbocycles. The molecule has 1 saturated heterocycles. The quantitative estimate of drug-likeness (QED) is 0.769. The van der Waals surface area contributed by atoms with E-state index < -0.39 is 0 Å². The zero-order chi connectivity index (χ0) is 17.5. The van der Waals surface area contributed by atoms with Crippen LogP contribution in [0.15, 0.2) is 35.0 Å². The highest BCUT2D eigenvalue weighted by atomic mass is 16.3. The number of hydrogen-bond donors (Lipinski definition) is 1. The van der Waals surface area contributed by atoms with Gasteiger partial charge in [-0.25, -0.2) is 9.97 Å². The van der Waals surface area contributed by atoms with Crippen LogP contribution in [0.25, 0.3) is 0 Å². The first-order chi connectivity index (χ1) is 12.3. The fraction of sp³-hybridized carbons (Fsp3) is 0.500. The standard InChI is InChI=1S/C18H25N5O2/c1-2-15-5-6-16(25-15)17(24)19-9-4-10-22-11-13-23(14-12-22)18-20-7-3-8-21-18/h3,5-8H,2,4,9-14H2,1H3,(H,19,24). The molecule has 1 fully saturated rings. The maximum atomic E-state index is 12.0. The van der Waals surface area contributed by atoms with Crippen molar-refractivity contribution >= 4 is 11.9 Å². The average molecular weight is 343 g/mol. The number of carbonyl (C=O) groups is 1. The maximum absolute atomic E-state index is 12.0. The predicted molar refractivity (Wildman–Crippen MR) is 95.7 cm³/mol. The van der Waals surface area contributed by atoms with Crippen molar-refractivity contribution in [3.05, 3.63) is 42.1 Å². The minimum Gasteiger partial charge on any atom is -0.456 e. The molecule has 3 heterocycles. The summed E-state index contributed by atoms with van der Waals surface area (Å²) >= 11 is 0. The van der Waals surface area contributed by atoms with Crippen molar-refractivity contribution in [2.24, 2.45) is 0 Å². The van der Waals surface area contributed by atoms with Crippen molar-refractivity contribution in [2.75, 3.05) is 44.2 Å². The monoisotopic (exact) mass is 343 g/mol. The lowest BCUT2D eigenvalue weighted by molar-refractivity contribution is 0.0922. The number of piperazine rings is 1. The molecule has 2 aromatic heterocycles. The lowest BCUT2D eigenvalue weighted by Crippen LogP contribution is -2.47. The third-order valence-electron chi connectivity index (χ3n) is 4.38. The third-order valence-corrected chi connectivity index (χ3v) is 4.38. The molecule has 25 heavy (non-hydrogen) atoms. The number of nitrogens with zero attached hydrogens (tertiary/aromatic N) is 4. The number of amides is 1. The topological polar surface area (TPSA) is 74.5 Å². The molecule has 0 unspecified atom stereocenters. The molecule has 7 heteroatoms. The number of hydrogen-bond acceptors (Lipinski definition) is 6. The van der Waals surface area contributed by atoms with Gasteiger partial charge in [0.15, 0.2) is 5.76 Å². The molecule has 0 saturated carbocycles. The van der Waals surface area contributed by atoms with Crippen LogP contribution in [0.2, 0.25) is 0 Å². The van der Waals surface area contributed by atoms with E-state index in [0.717, 1.165) is 57.3 Å². The number of nitrogens with one attached hydrogen (secondary N) is 1. The highest BCUT2D eigenvalue weighted by molar-refractivity contribution is 5.91. The van der Waals surface area contributed by atoms with Gasteiger partial charge in [0.1, 0.15) is 5.76 Å². The summed E-state index contributed by atoms with van der Waals surface area (Å²) in [6.45, 7) is 7.48. The summed E-state index contributed by atoms with van der Waals surface area (Å²) in [6.07, 6.45) is 5.28. The van der Waals surface area contributed by atoms with E-state index in [4.69, 9.17) is 4.42 Å². The smallest absolute Gasteiger partial charge is 0.286 e. The fourth-order valence-corrected chi connectivity index (χ4v) is 2.91. The second-order valence-electron chi connectivity index (χ2n) is 6.11. The molecule has 0 spiro atoms. The minimum atomic E-state index is -0.134. The van der Waals surface area contributed by atoms with Gasteiger partial charge in [0.25, 0.3) is 5.91 Å². The summed E-state index contributed by atoms with van der Waals surface area (Å²) in [7, 11) is 0. The number of furan rings is 1. The molecule has 1 aliphatic heterocycles. The van der Waals surface area contributed by atoms with Crippen LogP contribution in [0.3, 0.4) is 0 Å². The number of aromatic nitrogens is 2. The van der Waals surface area contributed by atoms with Gasteiger partial charge >= 0.3 is 0 Å². The molecule has 134 valence electrons. The van der Waals surface area contributed by atoms with Gasteiger partial charge in [0, 0.05) is 51.5 Å². The Morgan fingerprint density at radius 1 is 1.20 bits per heavy atom. The zero-order valence-corrected chi connectivity index (χ0v) is 14.6. The van der Waals surface area contributed by atoms with Gasteiger partial charge in [-0.2, -0.15) is 0 Å². The van der Waals surface area contributed by atoms with Gasteiger partial charge in [-0.15, -0.1) is 0 Å². The molecule has 0 bridgehead atoms. The summed E-state index contributed by atoms with van der Waals surface area (Å²) in [5.41, 5.74) is 0. The first-order valence-electron chi connectivity index (χ1n) is 8.87. The van der Waals surface area contributed by atoms with E-state index in [-0.39, 0.29) is 5.91 Å². The average Bonchev–Trinajstić information content (AvgIpc) is 3.16. The van der Waals surface area contributed by atoms with Gasteiger partial charge in [-0.1, -0.05) is 6.92 Å². The van der Waals surface area contributed by atoms with E-state index in [2.05, 4.69) is 25.1 Å². The Hall–Kier alpha value is -2.41. The van der Waals surface area contributed by atoms with Gasteiger partial charge < -0.3 is 14.6 Å². The van der Waals surface area contributed by atoms with Gasteiger partial charge in [-0.3, -0.25) is 9.69 Å². The minimum absolute atomic E-state index is 0.134. The van der Waals surface area contributed by atoms with E-state index in [0.29, 0.717) is 12.3 Å². The Morgan fingerprint density at radius 2 is 1.96 bits per heavy atom. The highest BCUT2D eigenvalue weighted by Crippen LogP contribution is 2.10. The summed E-state index contributed by atoms with van der Waals surface area (Å²) in [5, 5.41) is 2.92. The number of anilines is 1. The van der Waals surface area contributed by atoms with E-state index >= 15 is 0 Å². The predicted octanol–water partition coefficient (Wildman–Crippen LogP) is 1.57. The molecule has 1 amide bonds. The molecule has 2 aromatic rings. The van der Waals surface area contributed by atoms with E-state index in [1.165, 1.54) is 0 Å². The van der Waals surface area contributed by atoms with E-state index in [1.54, 1.807) is 18.5 Å². The second-order valence-corrected chi connectivity index (χ2v) is 6.11. The lowest BCUT2D eigenvalue weighted by atomic mass is 10.3.